The predicted molar refractivity (Wildman–Crippen MR) is 102 cm³/mol. The van der Waals surface area contributed by atoms with Gasteiger partial charge in [0.05, 0.1) is 12.1 Å². The van der Waals surface area contributed by atoms with Gasteiger partial charge in [0.25, 0.3) is 0 Å². The summed E-state index contributed by atoms with van der Waals surface area (Å²) in [5.74, 6) is 1.55. The smallest absolute Gasteiger partial charge is 0.0770 e. The molecule has 2 aliphatic carbocycles. The molecular weight excluding hydrogens is 292 g/mol. The average molecular weight is 329 g/mol. The van der Waals surface area contributed by atoms with Crippen LogP contribution in [0.2, 0.25) is 0 Å². The molecule has 0 aromatic heterocycles. The van der Waals surface area contributed by atoms with Gasteiger partial charge in [-0.1, -0.05) is 62.8 Å². The van der Waals surface area contributed by atoms with Crippen LogP contribution < -0.4 is 0 Å². The van der Waals surface area contributed by atoms with Crippen molar-refractivity contribution in [2.24, 2.45) is 22.1 Å². The second-order valence-electron chi connectivity index (χ2n) is 8.15. The minimum atomic E-state index is 0.441. The number of azo groups is 1. The number of hydrogen-bond acceptors (Lipinski definition) is 2. The molecule has 2 unspecified atom stereocenters. The van der Waals surface area contributed by atoms with Crippen molar-refractivity contribution in [2.75, 3.05) is 0 Å². The van der Waals surface area contributed by atoms with Gasteiger partial charge in [-0.3, -0.25) is 0 Å². The fraction of sp³-hybridized carbons (Fsp3) is 0.818. The first-order valence-corrected chi connectivity index (χ1v) is 10.6. The van der Waals surface area contributed by atoms with Crippen LogP contribution in [0.5, 0.6) is 0 Å². The molecule has 0 aromatic carbocycles. The van der Waals surface area contributed by atoms with E-state index in [9.17, 15) is 0 Å². The summed E-state index contributed by atoms with van der Waals surface area (Å²) in [6.07, 6.45) is 27.9. The molecule has 0 N–H and O–H groups in total. The monoisotopic (exact) mass is 328 g/mol. The minimum absolute atomic E-state index is 0.441. The Morgan fingerprint density at radius 1 is 0.500 bits per heavy atom. The highest BCUT2D eigenvalue weighted by Crippen LogP contribution is 2.33. The van der Waals surface area contributed by atoms with Crippen LogP contribution in [-0.2, 0) is 0 Å². The highest BCUT2D eigenvalue weighted by Gasteiger charge is 2.25. The molecule has 2 nitrogen and oxygen atoms in total. The van der Waals surface area contributed by atoms with Gasteiger partial charge in [0.2, 0.25) is 0 Å². The second-order valence-corrected chi connectivity index (χ2v) is 8.15. The van der Waals surface area contributed by atoms with Crippen molar-refractivity contribution < 1.29 is 0 Å². The maximum absolute atomic E-state index is 4.98. The minimum Gasteiger partial charge on any atom is -0.190 e. The number of allylic oxidation sites excluding steroid dienone is 2. The molecule has 3 aliphatic rings. The Labute approximate surface area is 148 Å². The summed E-state index contributed by atoms with van der Waals surface area (Å²) in [5.41, 5.74) is 0. The standard InChI is InChI=1S/C22H36N2/c1-2-4-12-18-22(20-15-9-6-10-16-20)24-23-21(17-11-3-1)19-13-7-5-8-14-19/h3-4,11-12,19-22H,1-2,5-10,13-18H2. The van der Waals surface area contributed by atoms with Crippen LogP contribution in [0.15, 0.2) is 34.5 Å². The Morgan fingerprint density at radius 2 is 0.917 bits per heavy atom. The van der Waals surface area contributed by atoms with Gasteiger partial charge in [0.15, 0.2) is 0 Å². The second kappa shape index (κ2) is 10.2. The number of nitrogens with zero attached hydrogens (tertiary/aromatic N) is 2. The Morgan fingerprint density at radius 3 is 1.33 bits per heavy atom. The van der Waals surface area contributed by atoms with Crippen LogP contribution in [0.4, 0.5) is 0 Å². The van der Waals surface area contributed by atoms with E-state index in [1.165, 1.54) is 77.0 Å². The van der Waals surface area contributed by atoms with Gasteiger partial charge >= 0.3 is 0 Å². The molecule has 2 atom stereocenters. The third kappa shape index (κ3) is 5.57. The largest absolute Gasteiger partial charge is 0.190 e. The van der Waals surface area contributed by atoms with E-state index in [1.807, 2.05) is 0 Å². The summed E-state index contributed by atoms with van der Waals surface area (Å²) in [6, 6.07) is 0.882. The predicted octanol–water partition coefficient (Wildman–Crippen LogP) is 7.02. The summed E-state index contributed by atoms with van der Waals surface area (Å²) >= 11 is 0. The summed E-state index contributed by atoms with van der Waals surface area (Å²) in [4.78, 5) is 0. The summed E-state index contributed by atoms with van der Waals surface area (Å²) in [6.45, 7) is 0. The molecule has 134 valence electrons. The highest BCUT2D eigenvalue weighted by molar-refractivity contribution is 4.95. The van der Waals surface area contributed by atoms with E-state index < -0.39 is 0 Å². The molecule has 24 heavy (non-hydrogen) atoms. The number of rotatable bonds is 2. The molecule has 0 amide bonds. The van der Waals surface area contributed by atoms with Gasteiger partial charge in [-0.25, -0.2) is 0 Å². The first-order valence-electron chi connectivity index (χ1n) is 10.6. The summed E-state index contributed by atoms with van der Waals surface area (Å²) < 4.78 is 0. The molecule has 2 saturated carbocycles. The van der Waals surface area contributed by atoms with E-state index >= 15 is 0 Å². The maximum Gasteiger partial charge on any atom is 0.0770 e. The fourth-order valence-electron chi connectivity index (χ4n) is 4.78. The lowest BCUT2D eigenvalue weighted by Crippen LogP contribution is -2.24. The topological polar surface area (TPSA) is 24.7 Å². The molecule has 0 aromatic rings. The van der Waals surface area contributed by atoms with E-state index in [4.69, 9.17) is 10.2 Å². The lowest BCUT2D eigenvalue weighted by atomic mass is 9.82. The molecule has 3 rings (SSSR count). The van der Waals surface area contributed by atoms with E-state index in [2.05, 4.69) is 24.3 Å². The van der Waals surface area contributed by atoms with E-state index in [0.717, 1.165) is 24.7 Å². The summed E-state index contributed by atoms with van der Waals surface area (Å²) in [7, 11) is 0. The maximum atomic E-state index is 4.98. The van der Waals surface area contributed by atoms with Crippen molar-refractivity contribution in [1.29, 1.82) is 0 Å². The van der Waals surface area contributed by atoms with Crippen molar-refractivity contribution in [3.8, 4) is 0 Å². The summed E-state index contributed by atoms with van der Waals surface area (Å²) in [5, 5.41) is 9.95. The molecule has 0 radical (unpaired) electrons. The highest BCUT2D eigenvalue weighted by atomic mass is 15.1. The first kappa shape index (κ1) is 17.9. The van der Waals surface area contributed by atoms with Crippen molar-refractivity contribution in [2.45, 2.75) is 102 Å². The Balaban J connectivity index is 1.71. The van der Waals surface area contributed by atoms with Crippen LogP contribution in [0.3, 0.4) is 0 Å². The average Bonchev–Trinajstić information content (AvgIpc) is 2.64. The third-order valence-electron chi connectivity index (χ3n) is 6.34. The normalized spacial score (nSPS) is 31.5. The Kier molecular flexibility index (Phi) is 7.57. The quantitative estimate of drug-likeness (QED) is 0.486. The Hall–Kier alpha value is -0.920. The van der Waals surface area contributed by atoms with Crippen molar-refractivity contribution in [3.63, 3.8) is 0 Å². The first-order chi connectivity index (χ1) is 11.9. The Bertz CT molecular complexity index is 385. The van der Waals surface area contributed by atoms with Gasteiger partial charge in [-0.2, -0.15) is 10.2 Å². The lowest BCUT2D eigenvalue weighted by molar-refractivity contribution is 0.275. The van der Waals surface area contributed by atoms with Crippen molar-refractivity contribution >= 4 is 0 Å². The van der Waals surface area contributed by atoms with Crippen LogP contribution in [0.1, 0.15) is 89.9 Å². The fourth-order valence-corrected chi connectivity index (χ4v) is 4.78. The van der Waals surface area contributed by atoms with Crippen molar-refractivity contribution in [1.82, 2.24) is 0 Å². The molecule has 2 heteroatoms. The van der Waals surface area contributed by atoms with Gasteiger partial charge in [-0.15, -0.1) is 0 Å². The van der Waals surface area contributed by atoms with Crippen LogP contribution in [0.25, 0.3) is 0 Å². The SMILES string of the molecule is C1=CCC(C2CCCCC2)N=NC(C2CCCCC2)CC=CCC1. The van der Waals surface area contributed by atoms with Gasteiger partial charge in [-0.05, 0) is 63.2 Å². The van der Waals surface area contributed by atoms with Crippen molar-refractivity contribution in [3.05, 3.63) is 24.3 Å². The van der Waals surface area contributed by atoms with Crippen LogP contribution in [0, 0.1) is 11.8 Å². The van der Waals surface area contributed by atoms with Crippen LogP contribution in [-0.4, -0.2) is 12.1 Å². The molecule has 0 saturated heterocycles. The van der Waals surface area contributed by atoms with Gasteiger partial charge in [0, 0.05) is 0 Å². The molecule has 1 aliphatic heterocycles. The molecule has 1 heterocycles. The molecule has 0 spiro atoms. The van der Waals surface area contributed by atoms with E-state index in [-0.39, 0.29) is 0 Å². The van der Waals surface area contributed by atoms with E-state index in [1.54, 1.807) is 0 Å². The number of hydrogen-bond donors (Lipinski definition) is 0. The van der Waals surface area contributed by atoms with Gasteiger partial charge in [0.1, 0.15) is 0 Å². The lowest BCUT2D eigenvalue weighted by Gasteiger charge is -2.29. The molecule has 0 bridgehead atoms. The third-order valence-corrected chi connectivity index (χ3v) is 6.34. The zero-order chi connectivity index (χ0) is 16.5. The van der Waals surface area contributed by atoms with E-state index in [0.29, 0.717) is 12.1 Å². The zero-order valence-electron chi connectivity index (χ0n) is 15.4. The van der Waals surface area contributed by atoms with Crippen LogP contribution >= 0.6 is 0 Å². The zero-order valence-corrected chi connectivity index (χ0v) is 15.4. The molecule has 2 fully saturated rings. The molecular formula is C22H36N2. The van der Waals surface area contributed by atoms with Gasteiger partial charge < -0.3 is 0 Å².